The van der Waals surface area contributed by atoms with Crippen LogP contribution in [0.5, 0.6) is 0 Å². The molecule has 3 heteroatoms. The summed E-state index contributed by atoms with van der Waals surface area (Å²) in [4.78, 5) is 0. The summed E-state index contributed by atoms with van der Waals surface area (Å²) < 4.78 is 2.30. The largest absolute Gasteiger partial charge is 0.278 e. The molecule has 0 bridgehead atoms. The Bertz CT molecular complexity index is 2110. The van der Waals surface area contributed by atoms with Crippen molar-refractivity contribution < 1.29 is 0 Å². The standard InChI is InChI=1S/C49H57N3/c1-31(2)45-50-51-46(52(45)44-32(3)25-43(26-33(44)4)49(11,12)13)37-16-14-15-36(27-37)40-29-38(34-17-21-41(22-18-34)47(5,6)7)28-39(30-40)35-19-23-42(24-20-35)48(8,9)10/h14-31H,1-13H3. The predicted octanol–water partition coefficient (Wildman–Crippen LogP) is 13.6. The Morgan fingerprint density at radius 1 is 0.442 bits per heavy atom. The zero-order valence-electron chi connectivity index (χ0n) is 33.7. The van der Waals surface area contributed by atoms with Gasteiger partial charge in [-0.3, -0.25) is 4.57 Å². The van der Waals surface area contributed by atoms with Gasteiger partial charge in [0.15, 0.2) is 5.82 Å². The summed E-state index contributed by atoms with van der Waals surface area (Å²) in [5, 5.41) is 9.66. The first-order chi connectivity index (χ1) is 24.3. The van der Waals surface area contributed by atoms with Crippen molar-refractivity contribution in [3.8, 4) is 50.5 Å². The highest BCUT2D eigenvalue weighted by Gasteiger charge is 2.24. The van der Waals surface area contributed by atoms with Crippen LogP contribution in [-0.2, 0) is 16.2 Å². The summed E-state index contributed by atoms with van der Waals surface area (Å²) in [6.45, 7) is 29.3. The third kappa shape index (κ3) is 7.56. The van der Waals surface area contributed by atoms with Gasteiger partial charge in [-0.2, -0.15) is 0 Å². The molecule has 3 nitrogen and oxygen atoms in total. The molecule has 5 aromatic carbocycles. The zero-order valence-corrected chi connectivity index (χ0v) is 33.7. The number of benzene rings is 5. The lowest BCUT2D eigenvalue weighted by Crippen LogP contribution is -2.14. The summed E-state index contributed by atoms with van der Waals surface area (Å²) in [7, 11) is 0. The third-order valence-electron chi connectivity index (χ3n) is 10.3. The fourth-order valence-electron chi connectivity index (χ4n) is 7.11. The van der Waals surface area contributed by atoms with Crippen molar-refractivity contribution in [2.24, 2.45) is 0 Å². The van der Waals surface area contributed by atoms with Crippen LogP contribution in [0.4, 0.5) is 0 Å². The lowest BCUT2D eigenvalue weighted by molar-refractivity contribution is 0.588. The van der Waals surface area contributed by atoms with Gasteiger partial charge >= 0.3 is 0 Å². The van der Waals surface area contributed by atoms with Crippen molar-refractivity contribution in [1.29, 1.82) is 0 Å². The lowest BCUT2D eigenvalue weighted by atomic mass is 9.84. The minimum absolute atomic E-state index is 0.0654. The van der Waals surface area contributed by atoms with E-state index in [-0.39, 0.29) is 22.2 Å². The van der Waals surface area contributed by atoms with Crippen molar-refractivity contribution in [3.05, 3.63) is 137 Å². The van der Waals surface area contributed by atoms with Crippen molar-refractivity contribution in [1.82, 2.24) is 14.8 Å². The number of nitrogens with zero attached hydrogens (tertiary/aromatic N) is 3. The highest BCUT2D eigenvalue weighted by atomic mass is 15.3. The molecule has 52 heavy (non-hydrogen) atoms. The number of rotatable bonds is 6. The molecule has 0 spiro atoms. The molecule has 0 radical (unpaired) electrons. The van der Waals surface area contributed by atoms with Gasteiger partial charge in [0.1, 0.15) is 5.82 Å². The minimum Gasteiger partial charge on any atom is -0.278 e. The summed E-state index contributed by atoms with van der Waals surface area (Å²) in [6, 6.07) is 38.7. The van der Waals surface area contributed by atoms with E-state index in [1.165, 1.54) is 61.3 Å². The van der Waals surface area contributed by atoms with Gasteiger partial charge in [-0.15, -0.1) is 10.2 Å². The van der Waals surface area contributed by atoms with Crippen molar-refractivity contribution in [2.75, 3.05) is 0 Å². The molecule has 0 aliphatic carbocycles. The average molecular weight is 688 g/mol. The summed E-state index contributed by atoms with van der Waals surface area (Å²) in [6.07, 6.45) is 0. The van der Waals surface area contributed by atoms with Gasteiger partial charge < -0.3 is 0 Å². The van der Waals surface area contributed by atoms with Gasteiger partial charge in [0.2, 0.25) is 0 Å². The van der Waals surface area contributed by atoms with Gasteiger partial charge in [-0.05, 0) is 116 Å². The molecule has 0 saturated heterocycles. The van der Waals surface area contributed by atoms with E-state index in [0.717, 1.165) is 22.8 Å². The monoisotopic (exact) mass is 687 g/mol. The van der Waals surface area contributed by atoms with Gasteiger partial charge in [0, 0.05) is 11.5 Å². The summed E-state index contributed by atoms with van der Waals surface area (Å²) >= 11 is 0. The lowest BCUT2D eigenvalue weighted by Gasteiger charge is -2.24. The minimum atomic E-state index is 0.0654. The van der Waals surface area contributed by atoms with Crippen LogP contribution in [-0.4, -0.2) is 14.8 Å². The summed E-state index contributed by atoms with van der Waals surface area (Å²) in [5.74, 6) is 2.04. The molecule has 0 N–H and O–H groups in total. The number of aryl methyl sites for hydroxylation is 2. The van der Waals surface area contributed by atoms with Gasteiger partial charge in [-0.25, -0.2) is 0 Å². The highest BCUT2D eigenvalue weighted by molar-refractivity contribution is 5.82. The van der Waals surface area contributed by atoms with Crippen LogP contribution in [0.2, 0.25) is 0 Å². The molecule has 6 rings (SSSR count). The molecule has 1 aromatic heterocycles. The van der Waals surface area contributed by atoms with Crippen LogP contribution in [0.1, 0.15) is 116 Å². The van der Waals surface area contributed by atoms with E-state index in [1.54, 1.807) is 0 Å². The van der Waals surface area contributed by atoms with E-state index < -0.39 is 0 Å². The predicted molar refractivity (Wildman–Crippen MR) is 223 cm³/mol. The SMILES string of the molecule is Cc1cc(C(C)(C)C)cc(C)c1-n1c(-c2cccc(-c3cc(-c4ccc(C(C)(C)C)cc4)cc(-c4ccc(C(C)(C)C)cc4)c3)c2)nnc1C(C)C. The first-order valence-corrected chi connectivity index (χ1v) is 18.9. The smallest absolute Gasteiger partial charge is 0.168 e. The molecule has 6 aromatic rings. The molecular formula is C49H57N3. The number of hydrogen-bond acceptors (Lipinski definition) is 2. The van der Waals surface area contributed by atoms with Crippen LogP contribution in [0.25, 0.3) is 50.5 Å². The zero-order chi connectivity index (χ0) is 37.7. The Balaban J connectivity index is 1.51. The number of hydrogen-bond donors (Lipinski definition) is 0. The fraction of sp³-hybridized carbons (Fsp3) is 0.347. The second-order valence-electron chi connectivity index (χ2n) is 18.1. The van der Waals surface area contributed by atoms with Crippen LogP contribution in [0.3, 0.4) is 0 Å². The first-order valence-electron chi connectivity index (χ1n) is 18.9. The Morgan fingerprint density at radius 3 is 1.27 bits per heavy atom. The molecule has 1 heterocycles. The van der Waals surface area contributed by atoms with Crippen LogP contribution < -0.4 is 0 Å². The van der Waals surface area contributed by atoms with E-state index in [4.69, 9.17) is 10.2 Å². The molecule has 0 unspecified atom stereocenters. The van der Waals surface area contributed by atoms with Crippen molar-refractivity contribution in [3.63, 3.8) is 0 Å². The normalized spacial score (nSPS) is 12.5. The van der Waals surface area contributed by atoms with Gasteiger partial charge in [0.05, 0.1) is 5.69 Å². The third-order valence-corrected chi connectivity index (χ3v) is 10.3. The molecule has 0 atom stereocenters. The fourth-order valence-corrected chi connectivity index (χ4v) is 7.11. The van der Waals surface area contributed by atoms with E-state index in [0.29, 0.717) is 0 Å². The number of aromatic nitrogens is 3. The first kappa shape index (κ1) is 37.0. The Morgan fingerprint density at radius 2 is 0.846 bits per heavy atom. The van der Waals surface area contributed by atoms with Crippen molar-refractivity contribution in [2.45, 2.75) is 112 Å². The molecular weight excluding hydrogens is 631 g/mol. The summed E-state index contributed by atoms with van der Waals surface area (Å²) in [5.41, 5.74) is 16.1. The van der Waals surface area contributed by atoms with E-state index in [1.807, 2.05) is 0 Å². The van der Waals surface area contributed by atoms with Gasteiger partial charge in [-0.1, -0.05) is 155 Å². The Hall–Kier alpha value is -4.76. The molecule has 0 fully saturated rings. The van der Waals surface area contributed by atoms with Crippen LogP contribution >= 0.6 is 0 Å². The molecule has 0 aliphatic rings. The van der Waals surface area contributed by atoms with Crippen LogP contribution in [0.15, 0.2) is 103 Å². The Labute approximate surface area is 313 Å². The van der Waals surface area contributed by atoms with E-state index in [9.17, 15) is 0 Å². The maximum atomic E-state index is 4.87. The van der Waals surface area contributed by atoms with Gasteiger partial charge in [0.25, 0.3) is 0 Å². The molecule has 0 aliphatic heterocycles. The topological polar surface area (TPSA) is 30.7 Å². The average Bonchev–Trinajstić information content (AvgIpc) is 3.52. The van der Waals surface area contributed by atoms with E-state index in [2.05, 4.69) is 198 Å². The second kappa shape index (κ2) is 13.7. The van der Waals surface area contributed by atoms with E-state index >= 15 is 0 Å². The molecule has 268 valence electrons. The quantitative estimate of drug-likeness (QED) is 0.174. The maximum absolute atomic E-state index is 4.87. The highest BCUT2D eigenvalue weighted by Crippen LogP contribution is 2.38. The molecule has 0 saturated carbocycles. The van der Waals surface area contributed by atoms with Crippen LogP contribution in [0, 0.1) is 13.8 Å². The Kier molecular flexibility index (Phi) is 9.72. The molecule has 0 amide bonds. The maximum Gasteiger partial charge on any atom is 0.168 e. The second-order valence-corrected chi connectivity index (χ2v) is 18.1. The van der Waals surface area contributed by atoms with Crippen molar-refractivity contribution >= 4 is 0 Å².